The largest absolute Gasteiger partial charge is 0.309 e. The van der Waals surface area contributed by atoms with Crippen molar-refractivity contribution in [2.75, 3.05) is 19.6 Å². The summed E-state index contributed by atoms with van der Waals surface area (Å²) in [5, 5.41) is 3.51. The van der Waals surface area contributed by atoms with Crippen LogP contribution in [0.2, 0.25) is 0 Å². The maximum absolute atomic E-state index is 4.29. The van der Waals surface area contributed by atoms with Crippen molar-refractivity contribution < 1.29 is 0 Å². The van der Waals surface area contributed by atoms with Crippen LogP contribution >= 0.6 is 0 Å². The molecule has 4 heteroatoms. The van der Waals surface area contributed by atoms with Crippen LogP contribution in [-0.4, -0.2) is 34.5 Å². The first-order chi connectivity index (χ1) is 10.3. The lowest BCUT2D eigenvalue weighted by atomic mass is 10.1. The minimum absolute atomic E-state index is 0.387. The van der Waals surface area contributed by atoms with Gasteiger partial charge in [0.1, 0.15) is 0 Å². The SMILES string of the molecule is CCN(CC)C(CNCc1cnccn1)c1ccccc1. The molecular weight excluding hydrogens is 260 g/mol. The fraction of sp³-hybridized carbons (Fsp3) is 0.412. The standard InChI is InChI=1S/C17H24N4/c1-3-21(4-2)17(15-8-6-5-7-9-15)14-19-13-16-12-18-10-11-20-16/h5-12,17,19H,3-4,13-14H2,1-2H3. The number of hydrogen-bond acceptors (Lipinski definition) is 4. The van der Waals surface area contributed by atoms with Crippen molar-refractivity contribution in [1.82, 2.24) is 20.2 Å². The molecule has 1 unspecified atom stereocenters. The van der Waals surface area contributed by atoms with Crippen molar-refractivity contribution in [2.24, 2.45) is 0 Å². The Morgan fingerprint density at radius 1 is 1.10 bits per heavy atom. The number of likely N-dealkylation sites (N-methyl/N-ethyl adjacent to an activating group) is 1. The molecule has 2 aromatic rings. The van der Waals surface area contributed by atoms with Crippen molar-refractivity contribution in [3.8, 4) is 0 Å². The highest BCUT2D eigenvalue weighted by Gasteiger charge is 2.17. The quantitative estimate of drug-likeness (QED) is 0.809. The monoisotopic (exact) mass is 284 g/mol. The summed E-state index contributed by atoms with van der Waals surface area (Å²) < 4.78 is 0. The Kier molecular flexibility index (Phi) is 6.31. The first-order valence-electron chi connectivity index (χ1n) is 7.59. The van der Waals surface area contributed by atoms with Gasteiger partial charge in [-0.15, -0.1) is 0 Å². The van der Waals surface area contributed by atoms with Gasteiger partial charge in [-0.05, 0) is 18.7 Å². The van der Waals surface area contributed by atoms with E-state index >= 15 is 0 Å². The van der Waals surface area contributed by atoms with Gasteiger partial charge in [-0.2, -0.15) is 0 Å². The fourth-order valence-electron chi connectivity index (χ4n) is 2.56. The van der Waals surface area contributed by atoms with Crippen LogP contribution in [0.4, 0.5) is 0 Å². The molecular formula is C17H24N4. The zero-order valence-corrected chi connectivity index (χ0v) is 12.9. The Balaban J connectivity index is 1.99. The lowest BCUT2D eigenvalue weighted by Gasteiger charge is -2.30. The molecule has 1 atom stereocenters. The second-order valence-corrected chi connectivity index (χ2v) is 4.98. The molecule has 0 radical (unpaired) electrons. The molecule has 1 heterocycles. The maximum Gasteiger partial charge on any atom is 0.0724 e. The molecule has 1 aromatic carbocycles. The van der Waals surface area contributed by atoms with E-state index in [1.165, 1.54) is 5.56 Å². The van der Waals surface area contributed by atoms with Crippen molar-refractivity contribution in [3.63, 3.8) is 0 Å². The van der Waals surface area contributed by atoms with E-state index in [9.17, 15) is 0 Å². The van der Waals surface area contributed by atoms with E-state index in [1.54, 1.807) is 12.4 Å². The third-order valence-electron chi connectivity index (χ3n) is 3.70. The topological polar surface area (TPSA) is 41.0 Å². The highest BCUT2D eigenvalue weighted by molar-refractivity contribution is 5.19. The highest BCUT2D eigenvalue weighted by atomic mass is 15.2. The Morgan fingerprint density at radius 2 is 1.86 bits per heavy atom. The zero-order chi connectivity index (χ0) is 14.9. The van der Waals surface area contributed by atoms with E-state index in [2.05, 4.69) is 64.4 Å². The first-order valence-corrected chi connectivity index (χ1v) is 7.59. The summed E-state index contributed by atoms with van der Waals surface area (Å²) >= 11 is 0. The number of nitrogens with zero attached hydrogens (tertiary/aromatic N) is 3. The lowest BCUT2D eigenvalue weighted by molar-refractivity contribution is 0.213. The Morgan fingerprint density at radius 3 is 2.48 bits per heavy atom. The summed E-state index contributed by atoms with van der Waals surface area (Å²) in [5.41, 5.74) is 2.33. The summed E-state index contributed by atoms with van der Waals surface area (Å²) in [6.45, 7) is 8.16. The summed E-state index contributed by atoms with van der Waals surface area (Å²) in [7, 11) is 0. The normalized spacial score (nSPS) is 12.5. The van der Waals surface area contributed by atoms with Gasteiger partial charge in [0, 0.05) is 37.7 Å². The lowest BCUT2D eigenvalue weighted by Crippen LogP contribution is -2.35. The van der Waals surface area contributed by atoms with E-state index in [0.717, 1.165) is 31.9 Å². The average Bonchev–Trinajstić information content (AvgIpc) is 2.56. The maximum atomic E-state index is 4.29. The number of nitrogens with one attached hydrogen (secondary N) is 1. The summed E-state index contributed by atoms with van der Waals surface area (Å²) in [5.74, 6) is 0. The molecule has 0 aliphatic rings. The van der Waals surface area contributed by atoms with Gasteiger partial charge in [0.05, 0.1) is 5.69 Å². The highest BCUT2D eigenvalue weighted by Crippen LogP contribution is 2.19. The molecule has 21 heavy (non-hydrogen) atoms. The molecule has 0 aliphatic carbocycles. The predicted molar refractivity (Wildman–Crippen MR) is 85.8 cm³/mol. The molecule has 2 rings (SSSR count). The molecule has 0 amide bonds. The zero-order valence-electron chi connectivity index (χ0n) is 12.9. The third kappa shape index (κ3) is 4.62. The summed E-state index contributed by atoms with van der Waals surface area (Å²) in [6.07, 6.45) is 5.24. The molecule has 0 saturated carbocycles. The Hall–Kier alpha value is -1.78. The van der Waals surface area contributed by atoms with Gasteiger partial charge < -0.3 is 5.32 Å². The van der Waals surface area contributed by atoms with E-state index < -0.39 is 0 Å². The van der Waals surface area contributed by atoms with Gasteiger partial charge in [0.15, 0.2) is 0 Å². The molecule has 0 fully saturated rings. The van der Waals surface area contributed by atoms with Crippen LogP contribution < -0.4 is 5.32 Å². The third-order valence-corrected chi connectivity index (χ3v) is 3.70. The molecule has 1 N–H and O–H groups in total. The van der Waals surface area contributed by atoms with Crippen LogP contribution in [0.15, 0.2) is 48.9 Å². The fourth-order valence-corrected chi connectivity index (χ4v) is 2.56. The van der Waals surface area contributed by atoms with Gasteiger partial charge in [-0.1, -0.05) is 44.2 Å². The number of rotatable bonds is 8. The summed E-state index contributed by atoms with van der Waals surface area (Å²) in [4.78, 5) is 10.9. The Labute approximate surface area is 127 Å². The number of aromatic nitrogens is 2. The van der Waals surface area contributed by atoms with E-state index in [0.29, 0.717) is 6.04 Å². The predicted octanol–water partition coefficient (Wildman–Crippen LogP) is 2.65. The van der Waals surface area contributed by atoms with Gasteiger partial charge >= 0.3 is 0 Å². The van der Waals surface area contributed by atoms with Gasteiger partial charge in [-0.25, -0.2) is 0 Å². The van der Waals surface area contributed by atoms with Crippen LogP contribution in [0, 0.1) is 0 Å². The van der Waals surface area contributed by atoms with Crippen molar-refractivity contribution in [1.29, 1.82) is 0 Å². The van der Waals surface area contributed by atoms with E-state index in [4.69, 9.17) is 0 Å². The van der Waals surface area contributed by atoms with Crippen molar-refractivity contribution in [3.05, 3.63) is 60.2 Å². The van der Waals surface area contributed by atoms with Crippen molar-refractivity contribution in [2.45, 2.75) is 26.4 Å². The molecule has 1 aromatic heterocycles. The van der Waals surface area contributed by atoms with Crippen LogP contribution in [0.5, 0.6) is 0 Å². The van der Waals surface area contributed by atoms with Crippen molar-refractivity contribution >= 4 is 0 Å². The number of benzene rings is 1. The van der Waals surface area contributed by atoms with Gasteiger partial charge in [0.25, 0.3) is 0 Å². The smallest absolute Gasteiger partial charge is 0.0724 e. The minimum atomic E-state index is 0.387. The second kappa shape index (κ2) is 8.49. The van der Waals surface area contributed by atoms with E-state index in [-0.39, 0.29) is 0 Å². The van der Waals surface area contributed by atoms with Crippen LogP contribution in [0.25, 0.3) is 0 Å². The van der Waals surface area contributed by atoms with Gasteiger partial charge in [0.2, 0.25) is 0 Å². The van der Waals surface area contributed by atoms with Gasteiger partial charge in [-0.3, -0.25) is 14.9 Å². The Bertz CT molecular complexity index is 497. The number of hydrogen-bond donors (Lipinski definition) is 1. The summed E-state index contributed by atoms with van der Waals surface area (Å²) in [6, 6.07) is 11.1. The van der Waals surface area contributed by atoms with Crippen LogP contribution in [0.3, 0.4) is 0 Å². The second-order valence-electron chi connectivity index (χ2n) is 4.98. The molecule has 0 saturated heterocycles. The average molecular weight is 284 g/mol. The molecule has 0 aliphatic heterocycles. The minimum Gasteiger partial charge on any atom is -0.309 e. The molecule has 0 bridgehead atoms. The van der Waals surface area contributed by atoms with Crippen LogP contribution in [0.1, 0.15) is 31.1 Å². The van der Waals surface area contributed by atoms with Crippen LogP contribution in [-0.2, 0) is 6.54 Å². The molecule has 0 spiro atoms. The first kappa shape index (κ1) is 15.6. The molecule has 112 valence electrons. The van der Waals surface area contributed by atoms with E-state index in [1.807, 2.05) is 6.20 Å². The molecule has 4 nitrogen and oxygen atoms in total.